The third-order valence-electron chi connectivity index (χ3n) is 2.23. The van der Waals surface area contributed by atoms with Crippen molar-refractivity contribution in [2.75, 3.05) is 5.33 Å². The zero-order chi connectivity index (χ0) is 14.6. The van der Waals surface area contributed by atoms with Gasteiger partial charge in [0, 0.05) is 5.33 Å². The van der Waals surface area contributed by atoms with Crippen molar-refractivity contribution in [3.8, 4) is 5.75 Å². The number of aliphatic hydroxyl groups excluding tert-OH is 2. The summed E-state index contributed by atoms with van der Waals surface area (Å²) in [5.41, 5.74) is 0.0783. The van der Waals surface area contributed by atoms with E-state index < -0.39 is 30.5 Å². The van der Waals surface area contributed by atoms with E-state index in [-0.39, 0.29) is 10.9 Å². The molecule has 3 nitrogen and oxygen atoms in total. The maximum atomic E-state index is 12.7. The fourth-order valence-corrected chi connectivity index (χ4v) is 1.62. The topological polar surface area (TPSA) is 49.7 Å². The number of hydrogen-bond acceptors (Lipinski definition) is 3. The summed E-state index contributed by atoms with van der Waals surface area (Å²) in [6, 6.07) is 4.61. The number of benzene rings is 1. The number of aliphatic hydroxyl groups is 2. The Kier molecular flexibility index (Phi) is 5.57. The van der Waals surface area contributed by atoms with Crippen LogP contribution in [0.4, 0.5) is 17.6 Å². The molecule has 0 radical (unpaired) electrons. The summed E-state index contributed by atoms with van der Waals surface area (Å²) in [4.78, 5) is 0. The van der Waals surface area contributed by atoms with E-state index in [1.807, 2.05) is 0 Å². The van der Waals surface area contributed by atoms with E-state index in [2.05, 4.69) is 20.7 Å². The lowest BCUT2D eigenvalue weighted by atomic mass is 10.1. The van der Waals surface area contributed by atoms with Gasteiger partial charge in [0.1, 0.15) is 11.9 Å². The predicted molar refractivity (Wildman–Crippen MR) is 62.8 cm³/mol. The normalized spacial score (nSPS) is 15.4. The van der Waals surface area contributed by atoms with Crippen LogP contribution in [0.3, 0.4) is 0 Å². The minimum absolute atomic E-state index is 0.0619. The van der Waals surface area contributed by atoms with Gasteiger partial charge in [-0.15, -0.1) is 0 Å². The second-order valence-electron chi connectivity index (χ2n) is 3.70. The number of ether oxygens (including phenoxy) is 1. The van der Waals surface area contributed by atoms with E-state index in [0.717, 1.165) is 12.1 Å². The Morgan fingerprint density at radius 3 is 2.42 bits per heavy atom. The molecule has 0 bridgehead atoms. The monoisotopic (exact) mass is 346 g/mol. The lowest BCUT2D eigenvalue weighted by Gasteiger charge is -2.19. The first-order valence-corrected chi connectivity index (χ1v) is 6.27. The number of halogens is 5. The van der Waals surface area contributed by atoms with Crippen LogP contribution in [0, 0.1) is 0 Å². The first-order chi connectivity index (χ1) is 8.77. The smallest absolute Gasteiger partial charge is 0.428 e. The van der Waals surface area contributed by atoms with Crippen molar-refractivity contribution in [1.82, 2.24) is 0 Å². The molecule has 0 aliphatic carbocycles. The quantitative estimate of drug-likeness (QED) is 0.615. The van der Waals surface area contributed by atoms with Crippen LogP contribution in [-0.4, -0.2) is 34.2 Å². The van der Waals surface area contributed by atoms with Gasteiger partial charge < -0.3 is 14.9 Å². The maximum absolute atomic E-state index is 12.7. The third kappa shape index (κ3) is 4.32. The van der Waals surface area contributed by atoms with Gasteiger partial charge in [-0.1, -0.05) is 28.1 Å². The molecule has 0 aromatic heterocycles. The summed E-state index contributed by atoms with van der Waals surface area (Å²) < 4.78 is 53.2. The predicted octanol–water partition coefficient (Wildman–Crippen LogP) is 2.71. The Labute approximate surface area is 114 Å². The van der Waals surface area contributed by atoms with Gasteiger partial charge in [0.2, 0.25) is 0 Å². The van der Waals surface area contributed by atoms with Crippen molar-refractivity contribution >= 4 is 15.9 Å². The van der Waals surface area contributed by atoms with Gasteiger partial charge in [-0.3, -0.25) is 0 Å². The van der Waals surface area contributed by atoms with Crippen LogP contribution in [0.25, 0.3) is 0 Å². The van der Waals surface area contributed by atoms with Crippen LogP contribution in [0.2, 0.25) is 0 Å². The molecule has 1 aromatic rings. The average molecular weight is 347 g/mol. The van der Waals surface area contributed by atoms with Crippen LogP contribution < -0.4 is 4.74 Å². The molecule has 0 heterocycles. The highest BCUT2D eigenvalue weighted by Gasteiger charge is 2.44. The molecule has 2 atom stereocenters. The molecule has 1 aromatic carbocycles. The van der Waals surface area contributed by atoms with Crippen molar-refractivity contribution in [3.63, 3.8) is 0 Å². The lowest BCUT2D eigenvalue weighted by Crippen LogP contribution is -2.33. The molecular formula is C11H11BrF4O3. The van der Waals surface area contributed by atoms with Crippen molar-refractivity contribution < 1.29 is 32.5 Å². The third-order valence-corrected chi connectivity index (χ3v) is 2.89. The summed E-state index contributed by atoms with van der Waals surface area (Å²) in [5, 5.41) is 19.1. The van der Waals surface area contributed by atoms with E-state index in [1.165, 1.54) is 12.1 Å². The Hall–Kier alpha value is -0.860. The highest BCUT2D eigenvalue weighted by molar-refractivity contribution is 9.09. The molecule has 19 heavy (non-hydrogen) atoms. The summed E-state index contributed by atoms with van der Waals surface area (Å²) in [5.74, 6) is -0.524. The molecule has 0 amide bonds. The van der Waals surface area contributed by atoms with Crippen LogP contribution in [-0.2, 0) is 0 Å². The minimum atomic E-state index is -4.61. The van der Waals surface area contributed by atoms with Crippen LogP contribution in [0.5, 0.6) is 5.75 Å². The number of rotatable bonds is 6. The summed E-state index contributed by atoms with van der Waals surface area (Å²) in [7, 11) is 0. The average Bonchev–Trinajstić information content (AvgIpc) is 2.36. The number of alkyl halides is 5. The highest BCUT2D eigenvalue weighted by atomic mass is 79.9. The first kappa shape index (κ1) is 16.2. The molecule has 0 aliphatic rings. The molecule has 8 heteroatoms. The largest absolute Gasteiger partial charge is 0.461 e. The molecular weight excluding hydrogens is 336 g/mol. The molecule has 0 saturated heterocycles. The van der Waals surface area contributed by atoms with E-state index in [4.69, 9.17) is 0 Å². The van der Waals surface area contributed by atoms with E-state index in [9.17, 15) is 27.8 Å². The molecule has 0 saturated carbocycles. The Morgan fingerprint density at radius 1 is 1.26 bits per heavy atom. The van der Waals surface area contributed by atoms with Crippen molar-refractivity contribution in [3.05, 3.63) is 29.8 Å². The summed E-state index contributed by atoms with van der Waals surface area (Å²) in [6.45, 7) is 0. The zero-order valence-corrected chi connectivity index (χ0v) is 11.0. The standard InChI is InChI=1S/C11H11BrF4O3/c12-5-8(17)9(18)6-2-1-3-7(4-6)19-11(15,16)10(13)14/h1-4,8-10,17-18H,5H2. The molecule has 0 spiro atoms. The van der Waals surface area contributed by atoms with Crippen LogP contribution in [0.15, 0.2) is 24.3 Å². The zero-order valence-electron chi connectivity index (χ0n) is 9.44. The second kappa shape index (κ2) is 6.53. The van der Waals surface area contributed by atoms with Crippen molar-refractivity contribution in [2.24, 2.45) is 0 Å². The highest BCUT2D eigenvalue weighted by Crippen LogP contribution is 2.29. The van der Waals surface area contributed by atoms with Gasteiger partial charge in [-0.25, -0.2) is 0 Å². The first-order valence-electron chi connectivity index (χ1n) is 5.15. The minimum Gasteiger partial charge on any atom is -0.428 e. The molecule has 0 fully saturated rings. The fourth-order valence-electron chi connectivity index (χ4n) is 1.27. The van der Waals surface area contributed by atoms with Gasteiger partial charge in [0.15, 0.2) is 0 Å². The maximum Gasteiger partial charge on any atom is 0.461 e. The van der Waals surface area contributed by atoms with Gasteiger partial charge >= 0.3 is 12.5 Å². The van der Waals surface area contributed by atoms with E-state index >= 15 is 0 Å². The molecule has 2 N–H and O–H groups in total. The Balaban J connectivity index is 2.89. The molecule has 108 valence electrons. The lowest BCUT2D eigenvalue weighted by molar-refractivity contribution is -0.253. The van der Waals surface area contributed by atoms with Gasteiger partial charge in [0.05, 0.1) is 6.10 Å². The van der Waals surface area contributed by atoms with Gasteiger partial charge in [-0.2, -0.15) is 17.6 Å². The van der Waals surface area contributed by atoms with Gasteiger partial charge in [-0.05, 0) is 17.7 Å². The van der Waals surface area contributed by atoms with Crippen molar-refractivity contribution in [1.29, 1.82) is 0 Å². The SMILES string of the molecule is OC(CBr)C(O)c1cccc(OC(F)(F)C(F)F)c1. The molecule has 1 rings (SSSR count). The number of hydrogen-bond donors (Lipinski definition) is 2. The van der Waals surface area contributed by atoms with Crippen molar-refractivity contribution in [2.45, 2.75) is 24.7 Å². The second-order valence-corrected chi connectivity index (χ2v) is 4.35. The molecule has 0 aliphatic heterocycles. The van der Waals surface area contributed by atoms with E-state index in [0.29, 0.717) is 0 Å². The Morgan fingerprint density at radius 2 is 1.89 bits per heavy atom. The summed E-state index contributed by atoms with van der Waals surface area (Å²) >= 11 is 2.94. The fraction of sp³-hybridized carbons (Fsp3) is 0.455. The van der Waals surface area contributed by atoms with Crippen LogP contribution in [0.1, 0.15) is 11.7 Å². The molecule has 2 unspecified atom stereocenters. The van der Waals surface area contributed by atoms with Crippen LogP contribution >= 0.6 is 15.9 Å². The van der Waals surface area contributed by atoms with Gasteiger partial charge in [0.25, 0.3) is 0 Å². The Bertz CT molecular complexity index is 417. The van der Waals surface area contributed by atoms with E-state index in [1.54, 1.807) is 0 Å². The summed E-state index contributed by atoms with van der Waals surface area (Å²) in [6.07, 6.45) is -11.1.